The van der Waals surface area contributed by atoms with Crippen LogP contribution in [0.15, 0.2) is 52.6 Å². The van der Waals surface area contributed by atoms with E-state index in [2.05, 4.69) is 66.2 Å². The SMILES string of the molecule is CC(C)C1CCC2(CC1)N=C(c1cc(Cl)cc(Cl)c1)C(=O)N2C(CCC(C)(C)C)c1ccc(C(=O)NCC2=NNCC3CC=[N+]23)cc1. The number of nitrogens with zero attached hydrogens (tertiary/aromatic N) is 4. The van der Waals surface area contributed by atoms with E-state index < -0.39 is 5.66 Å². The number of benzene rings is 2. The maximum Gasteiger partial charge on any atom is 0.342 e. The van der Waals surface area contributed by atoms with Crippen molar-refractivity contribution < 1.29 is 14.2 Å². The smallest absolute Gasteiger partial charge is 0.340 e. The quantitative estimate of drug-likeness (QED) is 0.274. The van der Waals surface area contributed by atoms with E-state index >= 15 is 0 Å². The van der Waals surface area contributed by atoms with Crippen molar-refractivity contribution in [2.45, 2.75) is 97.3 Å². The molecule has 2 atom stereocenters. The lowest BCUT2D eigenvalue weighted by Crippen LogP contribution is -2.53. The Bertz CT molecular complexity index is 1600. The standard InChI is InChI=1S/C37H46Cl2N6O2/c1-23(2)24-10-15-37(16-11-24)42-33(27-18-28(38)20-29(39)19-27)35(47)45(37)31(12-14-36(3,4)5)25-6-8-26(9-7-25)34(46)40-22-32-43-41-21-30-13-17-44(30)32/h6-9,17-20,23-24,30-31,41H,10-16,21-22H2,1-5H3/p+1. The number of carbonyl (C=O) groups excluding carboxylic acids is 2. The van der Waals surface area contributed by atoms with Crippen LogP contribution in [0.3, 0.4) is 0 Å². The monoisotopic (exact) mass is 677 g/mol. The van der Waals surface area contributed by atoms with Gasteiger partial charge in [-0.3, -0.25) is 14.6 Å². The van der Waals surface area contributed by atoms with Gasteiger partial charge in [-0.15, -0.1) is 0 Å². The molecule has 1 spiro atoms. The summed E-state index contributed by atoms with van der Waals surface area (Å²) in [6.45, 7) is 12.4. The zero-order chi connectivity index (χ0) is 33.5. The van der Waals surface area contributed by atoms with Gasteiger partial charge in [0.25, 0.3) is 11.8 Å². The van der Waals surface area contributed by atoms with Crippen molar-refractivity contribution in [3.63, 3.8) is 0 Å². The highest BCUT2D eigenvalue weighted by molar-refractivity contribution is 6.47. The maximum atomic E-state index is 14.6. The summed E-state index contributed by atoms with van der Waals surface area (Å²) in [5.41, 5.74) is 5.15. The van der Waals surface area contributed by atoms with E-state index in [4.69, 9.17) is 28.2 Å². The Morgan fingerprint density at radius 2 is 1.79 bits per heavy atom. The molecule has 1 fully saturated rings. The summed E-state index contributed by atoms with van der Waals surface area (Å²) in [6.07, 6.45) is 8.46. The number of hydrazone groups is 1. The molecule has 47 heavy (non-hydrogen) atoms. The van der Waals surface area contributed by atoms with E-state index in [0.29, 0.717) is 51.3 Å². The lowest BCUT2D eigenvalue weighted by Gasteiger charge is -2.46. The molecule has 6 rings (SSSR count). The zero-order valence-corrected chi connectivity index (χ0v) is 29.7. The number of hydrogen-bond acceptors (Lipinski definition) is 5. The Morgan fingerprint density at radius 1 is 1.11 bits per heavy atom. The molecule has 1 aliphatic carbocycles. The highest BCUT2D eigenvalue weighted by Gasteiger charge is 2.52. The second kappa shape index (κ2) is 13.3. The number of amides is 2. The summed E-state index contributed by atoms with van der Waals surface area (Å²) in [4.78, 5) is 35.2. The fourth-order valence-electron chi connectivity index (χ4n) is 7.47. The third kappa shape index (κ3) is 7.14. The molecule has 3 heterocycles. The van der Waals surface area contributed by atoms with Crippen molar-refractivity contribution in [2.75, 3.05) is 13.1 Å². The minimum Gasteiger partial charge on any atom is -0.340 e. The number of halogens is 2. The van der Waals surface area contributed by atoms with E-state index in [0.717, 1.165) is 62.9 Å². The van der Waals surface area contributed by atoms with E-state index in [-0.39, 0.29) is 23.3 Å². The molecule has 2 aromatic carbocycles. The number of aliphatic imine (C=N–C) groups is 1. The molecule has 0 radical (unpaired) electrons. The van der Waals surface area contributed by atoms with Crippen LogP contribution in [0.1, 0.15) is 107 Å². The van der Waals surface area contributed by atoms with Crippen LogP contribution < -0.4 is 10.7 Å². The molecule has 4 aliphatic rings. The number of amidine groups is 1. The van der Waals surface area contributed by atoms with Gasteiger partial charge in [0, 0.05) is 32.7 Å². The normalized spacial score (nSPS) is 24.6. The molecule has 1 saturated carbocycles. The van der Waals surface area contributed by atoms with Gasteiger partial charge in [0.15, 0.2) is 0 Å². The molecular weight excluding hydrogens is 631 g/mol. The molecule has 250 valence electrons. The topological polar surface area (TPSA) is 89.2 Å². The molecule has 0 saturated heterocycles. The molecule has 2 N–H and O–H groups in total. The first-order chi connectivity index (χ1) is 22.3. The van der Waals surface area contributed by atoms with Crippen molar-refractivity contribution in [2.24, 2.45) is 27.3 Å². The van der Waals surface area contributed by atoms with Crippen LogP contribution in [0.4, 0.5) is 0 Å². The van der Waals surface area contributed by atoms with Crippen LogP contribution in [0.2, 0.25) is 10.0 Å². The van der Waals surface area contributed by atoms with Crippen molar-refractivity contribution >= 4 is 52.8 Å². The highest BCUT2D eigenvalue weighted by Crippen LogP contribution is 2.48. The van der Waals surface area contributed by atoms with Gasteiger partial charge >= 0.3 is 5.84 Å². The summed E-state index contributed by atoms with van der Waals surface area (Å²) < 4.78 is 2.13. The number of nitrogens with one attached hydrogen (secondary N) is 2. The molecule has 0 bridgehead atoms. The van der Waals surface area contributed by atoms with Gasteiger partial charge in [-0.05, 0) is 91.7 Å². The predicted octanol–water partition coefficient (Wildman–Crippen LogP) is 7.24. The number of carbonyl (C=O) groups is 2. The molecule has 10 heteroatoms. The Kier molecular flexibility index (Phi) is 9.56. The van der Waals surface area contributed by atoms with Crippen LogP contribution in [0, 0.1) is 17.3 Å². The van der Waals surface area contributed by atoms with Gasteiger partial charge in [0.2, 0.25) is 0 Å². The van der Waals surface area contributed by atoms with Crippen molar-refractivity contribution in [3.8, 4) is 0 Å². The van der Waals surface area contributed by atoms with Crippen LogP contribution >= 0.6 is 23.2 Å². The van der Waals surface area contributed by atoms with Crippen molar-refractivity contribution in [3.05, 3.63) is 69.2 Å². The van der Waals surface area contributed by atoms with Crippen LogP contribution in [0.5, 0.6) is 0 Å². The first kappa shape index (κ1) is 33.7. The molecule has 2 aromatic rings. The van der Waals surface area contributed by atoms with Gasteiger partial charge in [0.1, 0.15) is 24.0 Å². The van der Waals surface area contributed by atoms with Gasteiger partial charge in [-0.2, -0.15) is 0 Å². The molecule has 3 aliphatic heterocycles. The van der Waals surface area contributed by atoms with Crippen molar-refractivity contribution in [1.82, 2.24) is 15.6 Å². The minimum atomic E-state index is -0.647. The Balaban J connectivity index is 1.30. The molecular formula is C37H47Cl2N6O2+. The largest absolute Gasteiger partial charge is 0.342 e. The lowest BCUT2D eigenvalue weighted by atomic mass is 9.75. The summed E-state index contributed by atoms with van der Waals surface area (Å²) in [5.74, 6) is 1.76. The fourth-order valence-corrected chi connectivity index (χ4v) is 7.99. The summed E-state index contributed by atoms with van der Waals surface area (Å²) >= 11 is 12.8. The lowest BCUT2D eigenvalue weighted by molar-refractivity contribution is -0.482. The molecule has 2 unspecified atom stereocenters. The van der Waals surface area contributed by atoms with Crippen LogP contribution in [-0.2, 0) is 4.79 Å². The third-order valence-electron chi connectivity index (χ3n) is 10.3. The maximum absolute atomic E-state index is 14.6. The van der Waals surface area contributed by atoms with Crippen LogP contribution in [0.25, 0.3) is 0 Å². The molecule has 2 amide bonds. The fraction of sp³-hybridized carbons (Fsp3) is 0.541. The second-order valence-corrected chi connectivity index (χ2v) is 16.0. The first-order valence-corrected chi connectivity index (χ1v) is 17.8. The average molecular weight is 679 g/mol. The van der Waals surface area contributed by atoms with Gasteiger partial charge < -0.3 is 10.2 Å². The Morgan fingerprint density at radius 3 is 2.38 bits per heavy atom. The first-order valence-electron chi connectivity index (χ1n) is 17.0. The molecule has 0 aromatic heterocycles. The highest BCUT2D eigenvalue weighted by atomic mass is 35.5. The van der Waals surface area contributed by atoms with Crippen molar-refractivity contribution in [1.29, 1.82) is 0 Å². The number of hydrogen-bond donors (Lipinski definition) is 2. The van der Waals surface area contributed by atoms with E-state index in [1.807, 2.05) is 24.3 Å². The van der Waals surface area contributed by atoms with Crippen LogP contribution in [-0.4, -0.2) is 63.8 Å². The Labute approximate surface area is 288 Å². The average Bonchev–Trinajstić information content (AvgIpc) is 3.27. The van der Waals surface area contributed by atoms with E-state index in [9.17, 15) is 9.59 Å². The Hall–Kier alpha value is -3.23. The summed E-state index contributed by atoms with van der Waals surface area (Å²) in [6, 6.07) is 13.2. The van der Waals surface area contributed by atoms with E-state index in [1.54, 1.807) is 18.2 Å². The minimum absolute atomic E-state index is 0.0665. The van der Waals surface area contributed by atoms with Gasteiger partial charge in [0.05, 0.1) is 18.8 Å². The number of fused-ring (bicyclic) bond motifs is 1. The summed E-state index contributed by atoms with van der Waals surface area (Å²) in [7, 11) is 0. The molecule has 8 nitrogen and oxygen atoms in total. The second-order valence-electron chi connectivity index (χ2n) is 15.1. The van der Waals surface area contributed by atoms with Gasteiger partial charge in [-0.25, -0.2) is 10.0 Å². The third-order valence-corrected chi connectivity index (χ3v) is 10.8. The van der Waals surface area contributed by atoms with E-state index in [1.165, 1.54) is 0 Å². The predicted molar refractivity (Wildman–Crippen MR) is 190 cm³/mol. The zero-order valence-electron chi connectivity index (χ0n) is 28.2. The summed E-state index contributed by atoms with van der Waals surface area (Å²) in [5, 5.41) is 8.37. The number of rotatable bonds is 9. The van der Waals surface area contributed by atoms with Gasteiger partial charge in [-0.1, -0.05) is 70.0 Å².